The first kappa shape index (κ1) is 41.5. The van der Waals surface area contributed by atoms with Gasteiger partial charge in [-0.1, -0.05) is 79.5 Å². The molecule has 0 aromatic heterocycles. The van der Waals surface area contributed by atoms with Crippen LogP contribution in [-0.4, -0.2) is 75.3 Å². The third kappa shape index (κ3) is 8.75. The zero-order valence-corrected chi connectivity index (χ0v) is 34.4. The van der Waals surface area contributed by atoms with E-state index in [1.165, 1.54) is 0 Å². The Labute approximate surface area is 299 Å². The summed E-state index contributed by atoms with van der Waals surface area (Å²) in [6.45, 7) is 32.2. The molecule has 1 aromatic carbocycles. The maximum atomic E-state index is 15.0. The van der Waals surface area contributed by atoms with Crippen LogP contribution >= 0.6 is 0 Å². The molecule has 0 saturated carbocycles. The second-order valence-electron chi connectivity index (χ2n) is 20.1. The van der Waals surface area contributed by atoms with Crippen LogP contribution in [0.3, 0.4) is 0 Å². The van der Waals surface area contributed by atoms with Crippen molar-refractivity contribution in [3.05, 3.63) is 34.9 Å². The van der Waals surface area contributed by atoms with E-state index in [0.717, 1.165) is 17.5 Å². The summed E-state index contributed by atoms with van der Waals surface area (Å²) in [5, 5.41) is 12.7. The number of piperidine rings is 2. The number of hydrogen-bond donors (Lipinski definition) is 1. The largest absolute Gasteiger partial charge is 0.461 e. The predicted molar refractivity (Wildman–Crippen MR) is 201 cm³/mol. The molecule has 49 heavy (non-hydrogen) atoms. The molecule has 1 aromatic rings. The smallest absolute Gasteiger partial charge is 0.326 e. The van der Waals surface area contributed by atoms with Gasteiger partial charge >= 0.3 is 11.9 Å². The molecule has 7 heteroatoms. The number of carbonyl (C=O) groups excluding carboxylic acids is 2. The molecule has 3 rings (SSSR count). The molecule has 2 aliphatic heterocycles. The SMILES string of the molecule is CCCCC(C(=O)OC1CC(C)(C)N(C)C(C)(C)C1)(C(=O)OC1CC(C)(C)N(C)C(C)(C)C1)C(O)c1cc(C(C)(C)C)cc(C(C)(C)C)c1. The zero-order chi connectivity index (χ0) is 37.8. The van der Waals surface area contributed by atoms with Gasteiger partial charge in [-0.2, -0.15) is 0 Å². The molecule has 2 aliphatic rings. The minimum Gasteiger partial charge on any atom is -0.461 e. The number of ether oxygens (including phenoxy) is 2. The van der Waals surface area contributed by atoms with Crippen molar-refractivity contribution in [1.82, 2.24) is 9.80 Å². The number of nitrogens with zero attached hydrogens (tertiary/aromatic N) is 2. The van der Waals surface area contributed by atoms with Gasteiger partial charge in [0.25, 0.3) is 0 Å². The molecule has 1 N–H and O–H groups in total. The molecule has 0 radical (unpaired) electrons. The summed E-state index contributed by atoms with van der Waals surface area (Å²) in [5.74, 6) is -1.35. The van der Waals surface area contributed by atoms with Crippen LogP contribution in [0.5, 0.6) is 0 Å². The Hall–Kier alpha value is -1.96. The van der Waals surface area contributed by atoms with E-state index in [-0.39, 0.29) is 39.4 Å². The van der Waals surface area contributed by atoms with Crippen LogP contribution in [0.1, 0.15) is 172 Å². The fourth-order valence-electron chi connectivity index (χ4n) is 8.30. The standard InChI is InChI=1S/C42H72N2O5/c1-18-19-20-42(34(46)48-31-24-38(8,9)43(16)39(10,11)25-31,35(47)49-32-26-40(12,13)44(17)41(14,15)27-32)33(45)28-21-29(36(2,3)4)23-30(22-28)37(5,6)7/h21-23,31-33,45H,18-20,24-27H2,1-17H3. The van der Waals surface area contributed by atoms with E-state index < -0.39 is 35.7 Å². The number of hydrogen-bond acceptors (Lipinski definition) is 7. The van der Waals surface area contributed by atoms with Crippen molar-refractivity contribution < 1.29 is 24.2 Å². The molecule has 2 fully saturated rings. The minimum atomic E-state index is -1.93. The quantitative estimate of drug-likeness (QED) is 0.206. The highest BCUT2D eigenvalue weighted by Gasteiger charge is 2.58. The lowest BCUT2D eigenvalue weighted by atomic mass is 9.71. The lowest BCUT2D eigenvalue weighted by Crippen LogP contribution is -2.61. The summed E-state index contributed by atoms with van der Waals surface area (Å²) in [6, 6.07) is 6.14. The fraction of sp³-hybridized carbons (Fsp3) is 0.810. The summed E-state index contributed by atoms with van der Waals surface area (Å²) in [4.78, 5) is 34.7. The predicted octanol–water partition coefficient (Wildman–Crippen LogP) is 8.88. The molecular formula is C42H72N2O5. The van der Waals surface area contributed by atoms with Crippen molar-refractivity contribution >= 4 is 11.9 Å². The molecular weight excluding hydrogens is 612 g/mol. The summed E-state index contributed by atoms with van der Waals surface area (Å²) in [7, 11) is 4.23. The van der Waals surface area contributed by atoms with E-state index in [2.05, 4.69) is 127 Å². The van der Waals surface area contributed by atoms with Gasteiger partial charge in [-0.05, 0) is 103 Å². The van der Waals surface area contributed by atoms with Gasteiger partial charge in [0.15, 0.2) is 5.41 Å². The van der Waals surface area contributed by atoms with Gasteiger partial charge in [0.2, 0.25) is 0 Å². The molecule has 2 saturated heterocycles. The Balaban J connectivity index is 2.23. The van der Waals surface area contributed by atoms with E-state index >= 15 is 9.59 Å². The average Bonchev–Trinajstić information content (AvgIpc) is 2.93. The van der Waals surface area contributed by atoms with Crippen LogP contribution in [0.15, 0.2) is 18.2 Å². The van der Waals surface area contributed by atoms with Crippen LogP contribution in [0.25, 0.3) is 0 Å². The van der Waals surface area contributed by atoms with Gasteiger partial charge in [-0.25, -0.2) is 0 Å². The van der Waals surface area contributed by atoms with E-state index in [1.807, 2.05) is 19.1 Å². The highest BCUT2D eigenvalue weighted by molar-refractivity contribution is 6.01. The average molecular weight is 685 g/mol. The Morgan fingerprint density at radius 2 is 1.04 bits per heavy atom. The first-order chi connectivity index (χ1) is 22.0. The van der Waals surface area contributed by atoms with Crippen LogP contribution in [0, 0.1) is 5.41 Å². The van der Waals surface area contributed by atoms with Crippen molar-refractivity contribution in [2.45, 2.75) is 200 Å². The first-order valence-corrected chi connectivity index (χ1v) is 18.8. The molecule has 7 nitrogen and oxygen atoms in total. The monoisotopic (exact) mass is 685 g/mol. The number of rotatable bonds is 9. The van der Waals surface area contributed by atoms with Crippen LogP contribution in [-0.2, 0) is 29.9 Å². The highest BCUT2D eigenvalue weighted by Crippen LogP contribution is 2.47. The lowest BCUT2D eigenvalue weighted by molar-refractivity contribution is -0.197. The van der Waals surface area contributed by atoms with Crippen LogP contribution < -0.4 is 0 Å². The van der Waals surface area contributed by atoms with Gasteiger partial charge in [0.1, 0.15) is 18.3 Å². The second kappa shape index (κ2) is 13.9. The van der Waals surface area contributed by atoms with Gasteiger partial charge in [-0.3, -0.25) is 19.4 Å². The molecule has 2 heterocycles. The molecule has 280 valence electrons. The normalized spacial score (nSPS) is 22.8. The van der Waals surface area contributed by atoms with E-state index in [1.54, 1.807) is 0 Å². The Kier molecular flexibility index (Phi) is 11.7. The van der Waals surface area contributed by atoms with E-state index in [4.69, 9.17) is 9.47 Å². The van der Waals surface area contributed by atoms with Crippen molar-refractivity contribution in [2.75, 3.05) is 14.1 Å². The Morgan fingerprint density at radius 3 is 1.33 bits per heavy atom. The lowest BCUT2D eigenvalue weighted by Gasteiger charge is -2.54. The maximum Gasteiger partial charge on any atom is 0.326 e. The first-order valence-electron chi connectivity index (χ1n) is 18.8. The molecule has 0 bridgehead atoms. The number of benzene rings is 1. The zero-order valence-electron chi connectivity index (χ0n) is 34.4. The highest BCUT2D eigenvalue weighted by atomic mass is 16.6. The third-order valence-corrected chi connectivity index (χ3v) is 12.2. The number of likely N-dealkylation sites (tertiary alicyclic amines) is 2. The van der Waals surface area contributed by atoms with E-state index in [9.17, 15) is 5.11 Å². The minimum absolute atomic E-state index is 0.131. The van der Waals surface area contributed by atoms with Gasteiger partial charge in [-0.15, -0.1) is 0 Å². The molecule has 0 amide bonds. The summed E-state index contributed by atoms with van der Waals surface area (Å²) < 4.78 is 13.0. The number of aliphatic hydroxyl groups excluding tert-OH is 1. The number of unbranched alkanes of at least 4 members (excludes halogenated alkanes) is 1. The number of esters is 2. The maximum absolute atomic E-state index is 15.0. The van der Waals surface area contributed by atoms with E-state index in [0.29, 0.717) is 37.7 Å². The molecule has 1 unspecified atom stereocenters. The van der Waals surface area contributed by atoms with Gasteiger partial charge in [0, 0.05) is 47.8 Å². The van der Waals surface area contributed by atoms with Crippen molar-refractivity contribution in [3.63, 3.8) is 0 Å². The Morgan fingerprint density at radius 1 is 0.714 bits per heavy atom. The van der Waals surface area contributed by atoms with Crippen LogP contribution in [0.2, 0.25) is 0 Å². The van der Waals surface area contributed by atoms with Gasteiger partial charge < -0.3 is 14.6 Å². The number of aliphatic hydroxyl groups is 1. The molecule has 0 aliphatic carbocycles. The van der Waals surface area contributed by atoms with Crippen molar-refractivity contribution in [2.24, 2.45) is 5.41 Å². The van der Waals surface area contributed by atoms with Gasteiger partial charge in [0.05, 0.1) is 0 Å². The summed E-state index contributed by atoms with van der Waals surface area (Å²) >= 11 is 0. The Bertz CT molecular complexity index is 1220. The molecule has 0 spiro atoms. The van der Waals surface area contributed by atoms with Crippen molar-refractivity contribution in [1.29, 1.82) is 0 Å². The number of carbonyl (C=O) groups is 2. The fourth-order valence-corrected chi connectivity index (χ4v) is 8.30. The van der Waals surface area contributed by atoms with Crippen LogP contribution in [0.4, 0.5) is 0 Å². The third-order valence-electron chi connectivity index (χ3n) is 12.2. The summed E-state index contributed by atoms with van der Waals surface area (Å²) in [6.07, 6.45) is 1.64. The topological polar surface area (TPSA) is 79.3 Å². The molecule has 1 atom stereocenters. The second-order valence-corrected chi connectivity index (χ2v) is 20.1. The summed E-state index contributed by atoms with van der Waals surface area (Å²) in [5.41, 5.74) is -0.670. The van der Waals surface area contributed by atoms with Crippen molar-refractivity contribution in [3.8, 4) is 0 Å².